The van der Waals surface area contributed by atoms with E-state index in [0.717, 1.165) is 25.7 Å². The number of fused-ring (bicyclic) bond motifs is 1. The Morgan fingerprint density at radius 2 is 1.71 bits per heavy atom. The second-order valence-corrected chi connectivity index (χ2v) is 11.8. The van der Waals surface area contributed by atoms with E-state index in [9.17, 15) is 14.9 Å². The molecule has 0 amide bonds. The minimum absolute atomic E-state index is 0.0287. The van der Waals surface area contributed by atoms with Crippen LogP contribution in [0.4, 0.5) is 5.69 Å². The van der Waals surface area contributed by atoms with Gasteiger partial charge < -0.3 is 4.74 Å². The predicted molar refractivity (Wildman–Crippen MR) is 123 cm³/mol. The number of carbonyl (C=O) groups excluding carboxylic acids is 1. The molecule has 170 valence electrons. The summed E-state index contributed by atoms with van der Waals surface area (Å²) in [5.41, 5.74) is 2.30. The molecular formula is C26H37NO4. The first-order valence-electron chi connectivity index (χ1n) is 11.4. The molecule has 0 spiro atoms. The van der Waals surface area contributed by atoms with Gasteiger partial charge in [0.2, 0.25) is 0 Å². The van der Waals surface area contributed by atoms with Crippen LogP contribution in [0.15, 0.2) is 35.9 Å². The standard InChI is InChI=1S/C26H37NO4/c1-24(2,3)21-13-10-18-16-20(14-15-26(18,7)22(21)25(4,5)6)31-23(28)17-8-11-19(12-9-17)27(29)30/h8-12,20-22H,13-16H2,1-7H3/t20-,21?,22?,26+/m1/s1. The summed E-state index contributed by atoms with van der Waals surface area (Å²) in [7, 11) is 0. The summed E-state index contributed by atoms with van der Waals surface area (Å²) in [6.07, 6.45) is 5.97. The number of nitro groups is 1. The van der Waals surface area contributed by atoms with Crippen molar-refractivity contribution in [1.29, 1.82) is 0 Å². The van der Waals surface area contributed by atoms with Crippen LogP contribution in [0.25, 0.3) is 0 Å². The second kappa shape index (κ2) is 8.07. The average molecular weight is 428 g/mol. The minimum Gasteiger partial charge on any atom is -0.458 e. The maximum atomic E-state index is 12.6. The van der Waals surface area contributed by atoms with Crippen LogP contribution in [-0.4, -0.2) is 17.0 Å². The van der Waals surface area contributed by atoms with Gasteiger partial charge in [0.05, 0.1) is 10.5 Å². The Balaban J connectivity index is 1.78. The number of rotatable bonds is 3. The smallest absolute Gasteiger partial charge is 0.338 e. The summed E-state index contributed by atoms with van der Waals surface area (Å²) in [5.74, 6) is 0.770. The fourth-order valence-corrected chi connectivity index (χ4v) is 6.18. The fraction of sp³-hybridized carbons (Fsp3) is 0.654. The molecule has 1 saturated carbocycles. The molecule has 4 atom stereocenters. The Hall–Kier alpha value is -2.17. The minimum atomic E-state index is -0.469. The number of esters is 1. The molecule has 5 nitrogen and oxygen atoms in total. The number of allylic oxidation sites excluding steroid dienone is 1. The van der Waals surface area contributed by atoms with E-state index in [-0.39, 0.29) is 28.0 Å². The molecule has 1 aromatic carbocycles. The number of hydrogen-bond acceptors (Lipinski definition) is 4. The lowest BCUT2D eigenvalue weighted by Gasteiger charge is -2.58. The normalized spacial score (nSPS) is 29.0. The number of non-ortho nitro benzene ring substituents is 1. The Morgan fingerprint density at radius 1 is 1.10 bits per heavy atom. The molecule has 0 heterocycles. The summed E-state index contributed by atoms with van der Waals surface area (Å²) in [6, 6.07) is 5.63. The molecule has 5 heteroatoms. The number of hydrogen-bond donors (Lipinski definition) is 0. The molecule has 0 saturated heterocycles. The maximum Gasteiger partial charge on any atom is 0.338 e. The van der Waals surface area contributed by atoms with Crippen molar-refractivity contribution in [2.75, 3.05) is 0 Å². The largest absolute Gasteiger partial charge is 0.458 e. The molecule has 2 unspecified atom stereocenters. The zero-order chi connectivity index (χ0) is 23.2. The van der Waals surface area contributed by atoms with Crippen molar-refractivity contribution in [3.05, 3.63) is 51.6 Å². The molecule has 0 N–H and O–H groups in total. The number of carbonyl (C=O) groups is 1. The van der Waals surface area contributed by atoms with Crippen LogP contribution in [0.5, 0.6) is 0 Å². The van der Waals surface area contributed by atoms with E-state index in [0.29, 0.717) is 17.4 Å². The molecule has 0 aromatic heterocycles. The van der Waals surface area contributed by atoms with Gasteiger partial charge in [0.15, 0.2) is 0 Å². The summed E-state index contributed by atoms with van der Waals surface area (Å²) in [6.45, 7) is 16.6. The summed E-state index contributed by atoms with van der Waals surface area (Å²) in [5, 5.41) is 10.8. The van der Waals surface area contributed by atoms with Crippen molar-refractivity contribution < 1.29 is 14.5 Å². The SMILES string of the molecule is CC(C)(C)C1CC=C2C[C@H](OC(=O)c3ccc([N+](=O)[O-])cc3)CC[C@]2(C)C1C(C)(C)C. The molecule has 0 aliphatic heterocycles. The Bertz CT molecular complexity index is 872. The van der Waals surface area contributed by atoms with E-state index < -0.39 is 10.9 Å². The highest BCUT2D eigenvalue weighted by Gasteiger charge is 2.53. The van der Waals surface area contributed by atoms with E-state index in [1.165, 1.54) is 29.8 Å². The van der Waals surface area contributed by atoms with Crippen molar-refractivity contribution in [3.63, 3.8) is 0 Å². The highest BCUT2D eigenvalue weighted by Crippen LogP contribution is 2.61. The number of nitro benzene ring substituents is 1. The maximum absolute atomic E-state index is 12.6. The van der Waals surface area contributed by atoms with Crippen LogP contribution < -0.4 is 0 Å². The third-order valence-electron chi connectivity index (χ3n) is 7.51. The van der Waals surface area contributed by atoms with Crippen LogP contribution in [0, 0.1) is 38.2 Å². The van der Waals surface area contributed by atoms with Crippen LogP contribution in [0.1, 0.15) is 84.5 Å². The predicted octanol–water partition coefficient (Wildman–Crippen LogP) is 6.97. The van der Waals surface area contributed by atoms with Crippen molar-refractivity contribution in [3.8, 4) is 0 Å². The van der Waals surface area contributed by atoms with Crippen LogP contribution in [-0.2, 0) is 4.74 Å². The van der Waals surface area contributed by atoms with E-state index in [4.69, 9.17) is 4.74 Å². The lowest BCUT2D eigenvalue weighted by molar-refractivity contribution is -0.384. The zero-order valence-electron chi connectivity index (χ0n) is 20.0. The fourth-order valence-electron chi connectivity index (χ4n) is 6.18. The van der Waals surface area contributed by atoms with Crippen LogP contribution in [0.2, 0.25) is 0 Å². The third-order valence-corrected chi connectivity index (χ3v) is 7.51. The van der Waals surface area contributed by atoms with E-state index in [2.05, 4.69) is 54.5 Å². The van der Waals surface area contributed by atoms with Gasteiger partial charge in [-0.1, -0.05) is 60.1 Å². The Morgan fingerprint density at radius 3 is 2.23 bits per heavy atom. The van der Waals surface area contributed by atoms with Gasteiger partial charge in [-0.2, -0.15) is 0 Å². The van der Waals surface area contributed by atoms with Gasteiger partial charge in [0.1, 0.15) is 6.10 Å². The zero-order valence-corrected chi connectivity index (χ0v) is 20.0. The summed E-state index contributed by atoms with van der Waals surface area (Å²) in [4.78, 5) is 23.0. The van der Waals surface area contributed by atoms with Gasteiger partial charge in [-0.3, -0.25) is 10.1 Å². The van der Waals surface area contributed by atoms with Gasteiger partial charge in [0, 0.05) is 18.6 Å². The molecular weight excluding hydrogens is 390 g/mol. The summed E-state index contributed by atoms with van der Waals surface area (Å²) >= 11 is 0. The highest BCUT2D eigenvalue weighted by atomic mass is 16.6. The molecule has 3 rings (SSSR count). The second-order valence-electron chi connectivity index (χ2n) is 11.8. The Kier molecular flexibility index (Phi) is 6.11. The molecule has 31 heavy (non-hydrogen) atoms. The topological polar surface area (TPSA) is 69.4 Å². The van der Waals surface area contributed by atoms with Crippen molar-refractivity contribution >= 4 is 11.7 Å². The molecule has 1 fully saturated rings. The average Bonchev–Trinajstić information content (AvgIpc) is 2.65. The molecule has 2 aliphatic rings. The van der Waals surface area contributed by atoms with Crippen molar-refractivity contribution in [2.24, 2.45) is 28.1 Å². The monoisotopic (exact) mass is 427 g/mol. The van der Waals surface area contributed by atoms with Gasteiger partial charge in [-0.05, 0) is 59.5 Å². The quantitative estimate of drug-likeness (QED) is 0.226. The molecule has 0 radical (unpaired) electrons. The van der Waals surface area contributed by atoms with E-state index in [1.54, 1.807) is 0 Å². The Labute approximate surface area is 186 Å². The molecule has 0 bridgehead atoms. The highest BCUT2D eigenvalue weighted by molar-refractivity contribution is 5.89. The first kappa shape index (κ1) is 23.5. The van der Waals surface area contributed by atoms with Crippen molar-refractivity contribution in [2.45, 2.75) is 80.3 Å². The molecule has 2 aliphatic carbocycles. The lowest BCUT2D eigenvalue weighted by Crippen LogP contribution is -2.51. The van der Waals surface area contributed by atoms with Gasteiger partial charge in [-0.15, -0.1) is 0 Å². The van der Waals surface area contributed by atoms with Gasteiger partial charge >= 0.3 is 5.97 Å². The van der Waals surface area contributed by atoms with E-state index >= 15 is 0 Å². The third kappa shape index (κ3) is 4.70. The van der Waals surface area contributed by atoms with Gasteiger partial charge in [0.25, 0.3) is 5.69 Å². The van der Waals surface area contributed by atoms with E-state index in [1.807, 2.05) is 0 Å². The first-order chi connectivity index (χ1) is 14.2. The molecule has 1 aromatic rings. The van der Waals surface area contributed by atoms with Crippen molar-refractivity contribution in [1.82, 2.24) is 0 Å². The van der Waals surface area contributed by atoms with Crippen LogP contribution >= 0.6 is 0 Å². The number of benzene rings is 1. The van der Waals surface area contributed by atoms with Crippen LogP contribution in [0.3, 0.4) is 0 Å². The summed E-state index contributed by atoms with van der Waals surface area (Å²) < 4.78 is 5.84. The number of ether oxygens (including phenoxy) is 1. The number of nitrogens with zero attached hydrogens (tertiary/aromatic N) is 1. The van der Waals surface area contributed by atoms with Gasteiger partial charge in [-0.25, -0.2) is 4.79 Å². The first-order valence-corrected chi connectivity index (χ1v) is 11.4. The lowest BCUT2D eigenvalue weighted by atomic mass is 9.47.